The number of anilines is 1. The lowest BCUT2D eigenvalue weighted by molar-refractivity contribution is -0.140. The molecule has 0 bridgehead atoms. The van der Waals surface area contributed by atoms with Gasteiger partial charge in [0.2, 0.25) is 0 Å². The average molecular weight is 265 g/mol. The normalized spacial score (nSPS) is 12.0. The molecule has 1 aromatic rings. The fourth-order valence-corrected chi connectivity index (χ4v) is 2.02. The van der Waals surface area contributed by atoms with Crippen LogP contribution in [0.3, 0.4) is 0 Å². The number of carboxylic acid groups (broad SMARTS) is 1. The molecule has 0 aliphatic heterocycles. The maximum Gasteiger partial charge on any atom is 0.326 e. The number of amides is 1. The van der Waals surface area contributed by atoms with E-state index in [-0.39, 0.29) is 12.5 Å². The molecule has 0 unspecified atom stereocenters. The van der Waals surface area contributed by atoms with Crippen molar-refractivity contribution in [2.24, 2.45) is 0 Å². The third kappa shape index (κ3) is 3.32. The number of carboxylic acids is 1. The van der Waals surface area contributed by atoms with E-state index in [4.69, 9.17) is 4.74 Å². The summed E-state index contributed by atoms with van der Waals surface area (Å²) in [7, 11) is 1.41. The molecule has 5 nitrogen and oxygen atoms in total. The number of carbonyl (C=O) groups is 2. The predicted octanol–water partition coefficient (Wildman–Crippen LogP) is 1.76. The monoisotopic (exact) mass is 265 g/mol. The van der Waals surface area contributed by atoms with Gasteiger partial charge < -0.3 is 9.84 Å². The van der Waals surface area contributed by atoms with Crippen LogP contribution in [0, 0.1) is 13.8 Å². The molecule has 0 heterocycles. The highest BCUT2D eigenvalue weighted by Crippen LogP contribution is 2.26. The molecule has 1 aromatic carbocycles. The van der Waals surface area contributed by atoms with Gasteiger partial charge >= 0.3 is 5.97 Å². The number of hydrogen-bond donors (Lipinski definition) is 1. The Bertz CT molecular complexity index is 464. The Morgan fingerprint density at radius 2 is 1.84 bits per heavy atom. The van der Waals surface area contributed by atoms with Crippen LogP contribution in [0.2, 0.25) is 0 Å². The van der Waals surface area contributed by atoms with Crippen molar-refractivity contribution in [3.8, 4) is 0 Å². The molecule has 5 heteroatoms. The SMILES string of the molecule is COCC(=O)N(c1c(C)cccc1C)[C@H](C)C(=O)O. The zero-order valence-corrected chi connectivity index (χ0v) is 11.6. The summed E-state index contributed by atoms with van der Waals surface area (Å²) in [6.07, 6.45) is 0. The van der Waals surface area contributed by atoms with Crippen LogP contribution in [-0.2, 0) is 14.3 Å². The summed E-state index contributed by atoms with van der Waals surface area (Å²) in [5.41, 5.74) is 2.36. The van der Waals surface area contributed by atoms with Gasteiger partial charge in [-0.1, -0.05) is 18.2 Å². The molecule has 1 atom stereocenters. The van der Waals surface area contributed by atoms with Crippen LogP contribution in [0.25, 0.3) is 0 Å². The molecule has 1 N–H and O–H groups in total. The molecule has 1 amide bonds. The van der Waals surface area contributed by atoms with Gasteiger partial charge in [0, 0.05) is 7.11 Å². The molecule has 104 valence electrons. The van der Waals surface area contributed by atoms with E-state index in [0.29, 0.717) is 5.69 Å². The Morgan fingerprint density at radius 3 is 2.26 bits per heavy atom. The van der Waals surface area contributed by atoms with E-state index in [1.165, 1.54) is 18.9 Å². The molecule has 0 fully saturated rings. The van der Waals surface area contributed by atoms with Crippen LogP contribution >= 0.6 is 0 Å². The summed E-state index contributed by atoms with van der Waals surface area (Å²) in [6.45, 7) is 5.04. The van der Waals surface area contributed by atoms with Crippen LogP contribution < -0.4 is 4.90 Å². The standard InChI is InChI=1S/C14H19NO4/c1-9-6-5-7-10(2)13(9)15(11(3)14(17)18)12(16)8-19-4/h5-7,11H,8H2,1-4H3,(H,17,18)/t11-/m1/s1. The maximum atomic E-state index is 12.1. The van der Waals surface area contributed by atoms with E-state index in [2.05, 4.69) is 0 Å². The van der Waals surface area contributed by atoms with Gasteiger partial charge in [-0.25, -0.2) is 4.79 Å². The van der Waals surface area contributed by atoms with Crippen molar-refractivity contribution < 1.29 is 19.4 Å². The molecule has 0 aliphatic carbocycles. The molecule has 0 saturated heterocycles. The van der Waals surface area contributed by atoms with Crippen LogP contribution in [0.1, 0.15) is 18.1 Å². The van der Waals surface area contributed by atoms with Gasteiger partial charge in [0.25, 0.3) is 5.91 Å². The van der Waals surface area contributed by atoms with Crippen LogP contribution in [0.5, 0.6) is 0 Å². The van der Waals surface area contributed by atoms with E-state index >= 15 is 0 Å². The minimum absolute atomic E-state index is 0.147. The van der Waals surface area contributed by atoms with Gasteiger partial charge in [0.05, 0.1) is 5.69 Å². The molecular weight excluding hydrogens is 246 g/mol. The van der Waals surface area contributed by atoms with Gasteiger partial charge in [-0.3, -0.25) is 9.69 Å². The van der Waals surface area contributed by atoms with Crippen LogP contribution in [0.4, 0.5) is 5.69 Å². The number of carbonyl (C=O) groups excluding carboxylic acids is 1. The third-order valence-corrected chi connectivity index (χ3v) is 2.96. The summed E-state index contributed by atoms with van der Waals surface area (Å²) in [5.74, 6) is -1.41. The number of aryl methyl sites for hydroxylation is 2. The quantitative estimate of drug-likeness (QED) is 0.880. The molecule has 19 heavy (non-hydrogen) atoms. The summed E-state index contributed by atoms with van der Waals surface area (Å²) in [4.78, 5) is 24.6. The van der Waals surface area contributed by atoms with E-state index < -0.39 is 12.0 Å². The minimum Gasteiger partial charge on any atom is -0.480 e. The molecule has 0 aromatic heterocycles. The number of methoxy groups -OCH3 is 1. The van der Waals surface area contributed by atoms with Crippen molar-refractivity contribution in [3.63, 3.8) is 0 Å². The van der Waals surface area contributed by atoms with Crippen molar-refractivity contribution in [1.29, 1.82) is 0 Å². The first-order chi connectivity index (χ1) is 8.90. The molecule has 1 rings (SSSR count). The number of ether oxygens (including phenoxy) is 1. The van der Waals surface area contributed by atoms with Crippen molar-refractivity contribution in [2.45, 2.75) is 26.8 Å². The first kappa shape index (κ1) is 15.2. The Balaban J connectivity index is 3.31. The number of nitrogens with zero attached hydrogens (tertiary/aromatic N) is 1. The second kappa shape index (κ2) is 6.33. The highest BCUT2D eigenvalue weighted by Gasteiger charge is 2.28. The highest BCUT2D eigenvalue weighted by atomic mass is 16.5. The summed E-state index contributed by atoms with van der Waals surface area (Å²) >= 11 is 0. The predicted molar refractivity (Wildman–Crippen MR) is 72.4 cm³/mol. The fourth-order valence-electron chi connectivity index (χ4n) is 2.02. The molecule has 0 radical (unpaired) electrons. The number of hydrogen-bond acceptors (Lipinski definition) is 3. The number of rotatable bonds is 5. The smallest absolute Gasteiger partial charge is 0.326 e. The maximum absolute atomic E-state index is 12.1. The van der Waals surface area contributed by atoms with Crippen LogP contribution in [0.15, 0.2) is 18.2 Å². The van der Waals surface area contributed by atoms with E-state index in [9.17, 15) is 14.7 Å². The third-order valence-electron chi connectivity index (χ3n) is 2.96. The Labute approximate surface area is 112 Å². The summed E-state index contributed by atoms with van der Waals surface area (Å²) in [5, 5.41) is 9.18. The minimum atomic E-state index is -1.05. The van der Waals surface area contributed by atoms with Crippen molar-refractivity contribution >= 4 is 17.6 Å². The lowest BCUT2D eigenvalue weighted by Gasteiger charge is -2.29. The van der Waals surface area contributed by atoms with Crippen LogP contribution in [-0.4, -0.2) is 36.7 Å². The zero-order valence-electron chi connectivity index (χ0n) is 11.6. The summed E-state index contributed by atoms with van der Waals surface area (Å²) in [6, 6.07) is 4.63. The lowest BCUT2D eigenvalue weighted by Crippen LogP contribution is -2.45. The number of para-hydroxylation sites is 1. The number of benzene rings is 1. The van der Waals surface area contributed by atoms with Gasteiger partial charge in [-0.2, -0.15) is 0 Å². The van der Waals surface area contributed by atoms with E-state index in [1.54, 1.807) is 0 Å². The van der Waals surface area contributed by atoms with Gasteiger partial charge in [0.15, 0.2) is 0 Å². The van der Waals surface area contributed by atoms with Crippen molar-refractivity contribution in [2.75, 3.05) is 18.6 Å². The Morgan fingerprint density at radius 1 is 1.32 bits per heavy atom. The van der Waals surface area contributed by atoms with Crippen molar-refractivity contribution in [1.82, 2.24) is 0 Å². The van der Waals surface area contributed by atoms with E-state index in [0.717, 1.165) is 11.1 Å². The highest BCUT2D eigenvalue weighted by molar-refractivity contribution is 6.00. The van der Waals surface area contributed by atoms with Gasteiger partial charge in [-0.05, 0) is 31.9 Å². The van der Waals surface area contributed by atoms with Gasteiger partial charge in [0.1, 0.15) is 12.6 Å². The lowest BCUT2D eigenvalue weighted by atomic mass is 10.1. The zero-order chi connectivity index (χ0) is 14.6. The average Bonchev–Trinajstić information content (AvgIpc) is 2.33. The first-order valence-electron chi connectivity index (χ1n) is 6.00. The summed E-state index contributed by atoms with van der Waals surface area (Å²) < 4.78 is 4.83. The van der Waals surface area contributed by atoms with E-state index in [1.807, 2.05) is 32.0 Å². The topological polar surface area (TPSA) is 66.8 Å². The first-order valence-corrected chi connectivity index (χ1v) is 6.00. The number of aliphatic carboxylic acids is 1. The molecule has 0 saturated carbocycles. The largest absolute Gasteiger partial charge is 0.480 e. The Kier molecular flexibility index (Phi) is 5.06. The molecular formula is C14H19NO4. The second-order valence-electron chi connectivity index (χ2n) is 4.45. The van der Waals surface area contributed by atoms with Gasteiger partial charge in [-0.15, -0.1) is 0 Å². The molecule has 0 spiro atoms. The Hall–Kier alpha value is -1.88. The fraction of sp³-hybridized carbons (Fsp3) is 0.429. The second-order valence-corrected chi connectivity index (χ2v) is 4.45. The molecule has 0 aliphatic rings. The van der Waals surface area contributed by atoms with Crippen molar-refractivity contribution in [3.05, 3.63) is 29.3 Å².